The minimum Gasteiger partial charge on any atom is -0.326 e. The Labute approximate surface area is 139 Å². The molecule has 1 aromatic carbocycles. The smallest absolute Gasteiger partial charge is 0.221 e. The number of carbonyl (C=O) groups is 2. The van der Waals surface area contributed by atoms with E-state index in [-0.39, 0.29) is 17.1 Å². The third kappa shape index (κ3) is 2.16. The quantitative estimate of drug-likeness (QED) is 0.849. The summed E-state index contributed by atoms with van der Waals surface area (Å²) >= 11 is 3.55. The summed E-state index contributed by atoms with van der Waals surface area (Å²) in [7, 11) is 0. The summed E-state index contributed by atoms with van der Waals surface area (Å²) in [6, 6.07) is 4.01. The van der Waals surface area contributed by atoms with E-state index in [1.54, 1.807) is 0 Å². The van der Waals surface area contributed by atoms with Crippen molar-refractivity contribution >= 4 is 38.9 Å². The summed E-state index contributed by atoms with van der Waals surface area (Å²) in [5.74, 6) is 0.148. The molecule has 2 aliphatic carbocycles. The monoisotopic (exact) mass is 361 g/mol. The summed E-state index contributed by atoms with van der Waals surface area (Å²) in [6.07, 6.45) is 3.50. The fraction of sp³-hybridized carbons (Fsp3) is 0.444. The maximum Gasteiger partial charge on any atom is 0.221 e. The molecule has 116 valence electrons. The third-order valence-corrected chi connectivity index (χ3v) is 6.03. The second-order valence-electron chi connectivity index (χ2n) is 6.37. The van der Waals surface area contributed by atoms with Gasteiger partial charge in [0, 0.05) is 24.4 Å². The van der Waals surface area contributed by atoms with Crippen molar-refractivity contribution in [2.24, 2.45) is 5.41 Å². The predicted molar refractivity (Wildman–Crippen MR) is 92.0 cm³/mol. The number of allylic oxidation sites excluding steroid dienone is 2. The van der Waals surface area contributed by atoms with Gasteiger partial charge >= 0.3 is 0 Å². The topological polar surface area (TPSA) is 46.2 Å². The van der Waals surface area contributed by atoms with Crippen molar-refractivity contribution in [1.29, 1.82) is 0 Å². The number of carbonyl (C=O) groups excluding carboxylic acids is 2. The Balaban J connectivity index is 2.19. The van der Waals surface area contributed by atoms with Crippen LogP contribution in [0, 0.1) is 12.3 Å². The minimum absolute atomic E-state index is 0.0563. The van der Waals surface area contributed by atoms with E-state index in [4.69, 9.17) is 0 Å². The molecular formula is C18H20BrNO2. The summed E-state index contributed by atoms with van der Waals surface area (Å²) < 4.78 is 0.756. The standard InChI is InChI=1S/C18H20BrNO2/c1-4-18-8-7-15(22)17(19)16(18)12-5-6-14(20-11(3)21)10(2)13(12)9-18/h5-6H,4,7-9H2,1-3H3,(H,20,21). The highest BCUT2D eigenvalue weighted by Crippen LogP contribution is 2.57. The Morgan fingerprint density at radius 3 is 2.77 bits per heavy atom. The number of hydrogen-bond acceptors (Lipinski definition) is 2. The number of nitrogens with one attached hydrogen (secondary N) is 1. The first-order valence-electron chi connectivity index (χ1n) is 7.73. The molecule has 0 spiro atoms. The molecular weight excluding hydrogens is 342 g/mol. The van der Waals surface area contributed by atoms with Gasteiger partial charge in [-0.15, -0.1) is 0 Å². The maximum atomic E-state index is 12.1. The zero-order chi connectivity index (χ0) is 16.1. The Hall–Kier alpha value is -1.42. The van der Waals surface area contributed by atoms with Gasteiger partial charge in [-0.05, 0) is 70.4 Å². The van der Waals surface area contributed by atoms with Crippen LogP contribution in [0.3, 0.4) is 0 Å². The number of Topliss-reactive ketones (excluding diaryl/α,β-unsaturated/α-hetero) is 1. The van der Waals surface area contributed by atoms with Crippen LogP contribution in [-0.2, 0) is 16.0 Å². The zero-order valence-electron chi connectivity index (χ0n) is 13.2. The Kier molecular flexibility index (Phi) is 3.76. The van der Waals surface area contributed by atoms with Gasteiger partial charge in [0.2, 0.25) is 5.91 Å². The SMILES string of the molecule is CCC12CCC(=O)C(Br)=C1c1ccc(NC(C)=O)c(C)c1C2. The Morgan fingerprint density at radius 1 is 1.41 bits per heavy atom. The Morgan fingerprint density at radius 2 is 2.14 bits per heavy atom. The number of ketones is 1. The minimum atomic E-state index is -0.0563. The van der Waals surface area contributed by atoms with Gasteiger partial charge in [-0.3, -0.25) is 9.59 Å². The summed E-state index contributed by atoms with van der Waals surface area (Å²) in [6.45, 7) is 5.78. The summed E-state index contributed by atoms with van der Waals surface area (Å²) in [4.78, 5) is 23.5. The van der Waals surface area contributed by atoms with Crippen LogP contribution in [0.25, 0.3) is 5.57 Å². The van der Waals surface area contributed by atoms with E-state index in [9.17, 15) is 9.59 Å². The van der Waals surface area contributed by atoms with E-state index < -0.39 is 0 Å². The molecule has 0 aliphatic heterocycles. The summed E-state index contributed by atoms with van der Waals surface area (Å²) in [5, 5.41) is 2.90. The van der Waals surface area contributed by atoms with Gasteiger partial charge in [-0.25, -0.2) is 0 Å². The van der Waals surface area contributed by atoms with Crippen molar-refractivity contribution in [3.8, 4) is 0 Å². The lowest BCUT2D eigenvalue weighted by atomic mass is 9.71. The van der Waals surface area contributed by atoms with Crippen molar-refractivity contribution in [2.45, 2.75) is 46.5 Å². The second-order valence-corrected chi connectivity index (χ2v) is 7.16. The van der Waals surface area contributed by atoms with Crippen molar-refractivity contribution in [3.63, 3.8) is 0 Å². The number of hydrogen-bond donors (Lipinski definition) is 1. The molecule has 0 heterocycles. The average Bonchev–Trinajstić information content (AvgIpc) is 2.82. The van der Waals surface area contributed by atoms with Crippen molar-refractivity contribution in [1.82, 2.24) is 0 Å². The number of rotatable bonds is 2. The molecule has 0 saturated heterocycles. The van der Waals surface area contributed by atoms with Crippen LogP contribution in [0.5, 0.6) is 0 Å². The van der Waals surface area contributed by atoms with Crippen LogP contribution in [0.2, 0.25) is 0 Å². The van der Waals surface area contributed by atoms with Crippen molar-refractivity contribution < 1.29 is 9.59 Å². The molecule has 0 radical (unpaired) electrons. The molecule has 1 atom stereocenters. The van der Waals surface area contributed by atoms with Crippen LogP contribution >= 0.6 is 15.9 Å². The van der Waals surface area contributed by atoms with Crippen LogP contribution < -0.4 is 5.32 Å². The van der Waals surface area contributed by atoms with Gasteiger partial charge in [0.05, 0.1) is 4.48 Å². The first-order chi connectivity index (χ1) is 10.4. The van der Waals surface area contributed by atoms with E-state index in [0.717, 1.165) is 35.0 Å². The fourth-order valence-electron chi connectivity index (χ4n) is 3.90. The van der Waals surface area contributed by atoms with E-state index in [2.05, 4.69) is 41.2 Å². The van der Waals surface area contributed by atoms with Gasteiger partial charge in [0.15, 0.2) is 5.78 Å². The lowest BCUT2D eigenvalue weighted by molar-refractivity contribution is -0.116. The van der Waals surface area contributed by atoms with Gasteiger partial charge < -0.3 is 5.32 Å². The number of halogens is 1. The second kappa shape index (κ2) is 5.34. The van der Waals surface area contributed by atoms with E-state index >= 15 is 0 Å². The largest absolute Gasteiger partial charge is 0.326 e. The van der Waals surface area contributed by atoms with E-state index in [1.807, 2.05) is 6.07 Å². The van der Waals surface area contributed by atoms with Crippen molar-refractivity contribution in [2.75, 3.05) is 5.32 Å². The van der Waals surface area contributed by atoms with E-state index in [0.29, 0.717) is 6.42 Å². The summed E-state index contributed by atoms with van der Waals surface area (Å²) in [5.41, 5.74) is 5.69. The van der Waals surface area contributed by atoms with Crippen LogP contribution in [0.1, 0.15) is 49.8 Å². The highest BCUT2D eigenvalue weighted by Gasteiger charge is 2.46. The molecule has 0 saturated carbocycles. The van der Waals surface area contributed by atoms with E-state index in [1.165, 1.54) is 23.6 Å². The molecule has 2 aliphatic rings. The number of anilines is 1. The lowest BCUT2D eigenvalue weighted by Gasteiger charge is -2.34. The Bertz CT molecular complexity index is 720. The normalized spacial score (nSPS) is 23.4. The molecule has 0 bridgehead atoms. The fourth-order valence-corrected chi connectivity index (χ4v) is 4.73. The van der Waals surface area contributed by atoms with Gasteiger partial charge in [0.25, 0.3) is 0 Å². The first-order valence-corrected chi connectivity index (χ1v) is 8.53. The predicted octanol–water partition coefficient (Wildman–Crippen LogP) is 4.37. The van der Waals surface area contributed by atoms with Crippen LogP contribution in [0.15, 0.2) is 16.6 Å². The van der Waals surface area contributed by atoms with Gasteiger partial charge in [0.1, 0.15) is 0 Å². The molecule has 1 aromatic rings. The number of amides is 1. The first kappa shape index (κ1) is 15.5. The highest BCUT2D eigenvalue weighted by molar-refractivity contribution is 9.12. The molecule has 3 rings (SSSR count). The molecule has 22 heavy (non-hydrogen) atoms. The molecule has 1 amide bonds. The maximum absolute atomic E-state index is 12.1. The number of fused-ring (bicyclic) bond motifs is 3. The molecule has 4 heteroatoms. The highest BCUT2D eigenvalue weighted by atomic mass is 79.9. The third-order valence-electron chi connectivity index (χ3n) is 5.20. The lowest BCUT2D eigenvalue weighted by Crippen LogP contribution is -2.26. The zero-order valence-corrected chi connectivity index (χ0v) is 14.8. The molecule has 1 unspecified atom stereocenters. The van der Waals surface area contributed by atoms with Crippen LogP contribution in [-0.4, -0.2) is 11.7 Å². The van der Waals surface area contributed by atoms with Gasteiger partial charge in [-0.1, -0.05) is 13.0 Å². The average molecular weight is 362 g/mol. The van der Waals surface area contributed by atoms with Crippen LogP contribution in [0.4, 0.5) is 5.69 Å². The molecule has 0 aromatic heterocycles. The molecule has 0 fully saturated rings. The molecule has 3 nitrogen and oxygen atoms in total. The van der Waals surface area contributed by atoms with Gasteiger partial charge in [-0.2, -0.15) is 0 Å². The number of benzene rings is 1. The molecule has 1 N–H and O–H groups in total. The van der Waals surface area contributed by atoms with Crippen molar-refractivity contribution in [3.05, 3.63) is 33.3 Å².